The average Bonchev–Trinajstić information content (AvgIpc) is 2.34. The van der Waals surface area contributed by atoms with Crippen LogP contribution in [0.5, 0.6) is 0 Å². The standard InChI is InChI=1S/C13H19F3N2OSi/c1-20(2,3)8-4-7-17-13(19)18-10-6-5-9(14)11(15)12(10)16/h5-6H,4,7-8H2,1-3H3,(H2,17,18,19). The molecule has 1 aromatic carbocycles. The number of rotatable bonds is 5. The molecule has 7 heteroatoms. The first kappa shape index (κ1) is 16.6. The fourth-order valence-corrected chi connectivity index (χ4v) is 2.85. The second-order valence-corrected chi connectivity index (χ2v) is 11.4. The van der Waals surface area contributed by atoms with Crippen LogP contribution in [-0.2, 0) is 0 Å². The van der Waals surface area contributed by atoms with Crippen LogP contribution < -0.4 is 10.6 Å². The van der Waals surface area contributed by atoms with Gasteiger partial charge in [0, 0.05) is 14.6 Å². The number of carbonyl (C=O) groups is 1. The highest BCUT2D eigenvalue weighted by Gasteiger charge is 2.15. The molecule has 0 saturated carbocycles. The topological polar surface area (TPSA) is 41.1 Å². The van der Waals surface area contributed by atoms with Crippen LogP contribution in [0.1, 0.15) is 6.42 Å². The first-order valence-electron chi connectivity index (χ1n) is 6.39. The first-order chi connectivity index (χ1) is 9.20. The minimum absolute atomic E-state index is 0.383. The molecule has 0 aliphatic rings. The Balaban J connectivity index is 2.45. The van der Waals surface area contributed by atoms with Crippen molar-refractivity contribution in [2.24, 2.45) is 0 Å². The molecule has 20 heavy (non-hydrogen) atoms. The lowest BCUT2D eigenvalue weighted by Gasteiger charge is -2.15. The fraction of sp³-hybridized carbons (Fsp3) is 0.462. The Kier molecular flexibility index (Phi) is 5.61. The van der Waals surface area contributed by atoms with Gasteiger partial charge < -0.3 is 10.6 Å². The van der Waals surface area contributed by atoms with Gasteiger partial charge in [-0.2, -0.15) is 0 Å². The van der Waals surface area contributed by atoms with Crippen molar-refractivity contribution in [3.8, 4) is 0 Å². The van der Waals surface area contributed by atoms with Gasteiger partial charge in [0.1, 0.15) is 0 Å². The third-order valence-corrected chi connectivity index (χ3v) is 4.53. The van der Waals surface area contributed by atoms with Gasteiger partial charge in [0.25, 0.3) is 0 Å². The Bertz CT molecular complexity index is 489. The normalized spacial score (nSPS) is 11.3. The molecule has 1 rings (SSSR count). The van der Waals surface area contributed by atoms with E-state index in [-0.39, 0.29) is 5.69 Å². The van der Waals surface area contributed by atoms with Crippen LogP contribution in [0.15, 0.2) is 12.1 Å². The molecule has 2 N–H and O–H groups in total. The average molecular weight is 304 g/mol. The minimum atomic E-state index is -1.60. The number of halogens is 3. The van der Waals surface area contributed by atoms with Gasteiger partial charge in [-0.3, -0.25) is 0 Å². The number of anilines is 1. The third kappa shape index (κ3) is 5.24. The van der Waals surface area contributed by atoms with Crippen molar-refractivity contribution in [1.82, 2.24) is 5.32 Å². The SMILES string of the molecule is C[Si](C)(C)CCCNC(=O)Nc1ccc(F)c(F)c1F. The number of nitrogens with one attached hydrogen (secondary N) is 2. The van der Waals surface area contributed by atoms with Crippen molar-refractivity contribution < 1.29 is 18.0 Å². The predicted molar refractivity (Wildman–Crippen MR) is 76.1 cm³/mol. The van der Waals surface area contributed by atoms with Crippen LogP contribution in [0.3, 0.4) is 0 Å². The molecule has 3 nitrogen and oxygen atoms in total. The molecule has 112 valence electrons. The summed E-state index contributed by atoms with van der Waals surface area (Å²) in [6.45, 7) is 7.14. The van der Waals surface area contributed by atoms with Crippen LogP contribution in [0.4, 0.5) is 23.7 Å². The van der Waals surface area contributed by atoms with Gasteiger partial charge >= 0.3 is 6.03 Å². The van der Waals surface area contributed by atoms with Crippen LogP contribution in [0, 0.1) is 17.5 Å². The van der Waals surface area contributed by atoms with E-state index in [2.05, 4.69) is 30.3 Å². The summed E-state index contributed by atoms with van der Waals surface area (Å²) < 4.78 is 39.0. The lowest BCUT2D eigenvalue weighted by molar-refractivity contribution is 0.252. The quantitative estimate of drug-likeness (QED) is 0.482. The molecule has 0 bridgehead atoms. The zero-order valence-corrected chi connectivity index (χ0v) is 12.8. The van der Waals surface area contributed by atoms with Gasteiger partial charge in [-0.25, -0.2) is 18.0 Å². The largest absolute Gasteiger partial charge is 0.338 e. The zero-order valence-electron chi connectivity index (χ0n) is 11.8. The van der Waals surface area contributed by atoms with Crippen molar-refractivity contribution in [1.29, 1.82) is 0 Å². The Morgan fingerprint density at radius 3 is 2.40 bits per heavy atom. The lowest BCUT2D eigenvalue weighted by atomic mass is 10.3. The highest BCUT2D eigenvalue weighted by atomic mass is 28.3. The van der Waals surface area contributed by atoms with Crippen LogP contribution >= 0.6 is 0 Å². The van der Waals surface area contributed by atoms with Crippen molar-refractivity contribution in [2.75, 3.05) is 11.9 Å². The molecule has 0 unspecified atom stereocenters. The summed E-state index contributed by atoms with van der Waals surface area (Å²) in [5, 5.41) is 4.71. The maximum Gasteiger partial charge on any atom is 0.319 e. The van der Waals surface area contributed by atoms with Gasteiger partial charge in [0.2, 0.25) is 0 Å². The summed E-state index contributed by atoms with van der Waals surface area (Å²) >= 11 is 0. The second-order valence-electron chi connectivity index (χ2n) is 5.77. The van der Waals surface area contributed by atoms with E-state index in [9.17, 15) is 18.0 Å². The number of hydrogen-bond acceptors (Lipinski definition) is 1. The van der Waals surface area contributed by atoms with Crippen LogP contribution in [-0.4, -0.2) is 20.6 Å². The van der Waals surface area contributed by atoms with Gasteiger partial charge in [-0.1, -0.05) is 25.7 Å². The van der Waals surface area contributed by atoms with Crippen molar-refractivity contribution in [3.05, 3.63) is 29.6 Å². The summed E-state index contributed by atoms with van der Waals surface area (Å²) in [7, 11) is -1.15. The van der Waals surface area contributed by atoms with E-state index in [0.717, 1.165) is 24.6 Å². The molecule has 0 aliphatic heterocycles. The Labute approximate surface area is 117 Å². The summed E-state index contributed by atoms with van der Waals surface area (Å²) in [6.07, 6.45) is 0.837. The molecular formula is C13H19F3N2OSi. The second kappa shape index (κ2) is 6.78. The number of amides is 2. The Morgan fingerprint density at radius 1 is 1.15 bits per heavy atom. The molecule has 2 amide bonds. The van der Waals surface area contributed by atoms with E-state index >= 15 is 0 Å². The predicted octanol–water partition coefficient (Wildman–Crippen LogP) is 3.95. The molecule has 0 saturated heterocycles. The van der Waals surface area contributed by atoms with Gasteiger partial charge in [0.05, 0.1) is 5.69 Å². The van der Waals surface area contributed by atoms with Crippen molar-refractivity contribution in [3.63, 3.8) is 0 Å². The molecule has 0 heterocycles. The lowest BCUT2D eigenvalue weighted by Crippen LogP contribution is -2.31. The first-order valence-corrected chi connectivity index (χ1v) is 10.1. The van der Waals surface area contributed by atoms with Gasteiger partial charge in [0.15, 0.2) is 17.5 Å². The zero-order chi connectivity index (χ0) is 15.3. The number of hydrogen-bond donors (Lipinski definition) is 2. The van der Waals surface area contributed by atoms with Gasteiger partial charge in [-0.05, 0) is 18.6 Å². The van der Waals surface area contributed by atoms with E-state index in [1.165, 1.54) is 0 Å². The number of benzene rings is 1. The molecule has 0 atom stereocenters. The van der Waals surface area contributed by atoms with Gasteiger partial charge in [-0.15, -0.1) is 0 Å². The van der Waals surface area contributed by atoms with Crippen LogP contribution in [0.2, 0.25) is 25.7 Å². The third-order valence-electron chi connectivity index (χ3n) is 2.67. The van der Waals surface area contributed by atoms with E-state index < -0.39 is 31.6 Å². The molecule has 0 spiro atoms. The maximum atomic E-state index is 13.3. The molecule has 0 aliphatic carbocycles. The summed E-state index contributed by atoms with van der Waals surface area (Å²) in [6, 6.07) is 2.17. The minimum Gasteiger partial charge on any atom is -0.338 e. The Morgan fingerprint density at radius 2 is 1.80 bits per heavy atom. The number of urea groups is 1. The fourth-order valence-electron chi connectivity index (χ4n) is 1.61. The van der Waals surface area contributed by atoms with E-state index in [1.54, 1.807) is 0 Å². The van der Waals surface area contributed by atoms with Crippen LogP contribution in [0.25, 0.3) is 0 Å². The molecule has 0 aromatic heterocycles. The molecular weight excluding hydrogens is 285 g/mol. The van der Waals surface area contributed by atoms with Crippen molar-refractivity contribution in [2.45, 2.75) is 32.1 Å². The van der Waals surface area contributed by atoms with E-state index in [1.807, 2.05) is 0 Å². The highest BCUT2D eigenvalue weighted by molar-refractivity contribution is 6.76. The Hall–Kier alpha value is -1.50. The smallest absolute Gasteiger partial charge is 0.319 e. The molecule has 1 aromatic rings. The molecule has 0 radical (unpaired) electrons. The van der Waals surface area contributed by atoms with E-state index in [0.29, 0.717) is 6.54 Å². The van der Waals surface area contributed by atoms with Crippen molar-refractivity contribution >= 4 is 19.8 Å². The monoisotopic (exact) mass is 304 g/mol. The summed E-state index contributed by atoms with van der Waals surface area (Å²) in [4.78, 5) is 11.5. The summed E-state index contributed by atoms with van der Waals surface area (Å²) in [5.74, 6) is -4.28. The molecule has 0 fully saturated rings. The maximum absolute atomic E-state index is 13.3. The van der Waals surface area contributed by atoms with E-state index in [4.69, 9.17) is 0 Å². The summed E-state index contributed by atoms with van der Waals surface area (Å²) in [5.41, 5.74) is -0.383. The number of carbonyl (C=O) groups excluding carboxylic acids is 1. The highest BCUT2D eigenvalue weighted by Crippen LogP contribution is 2.19.